The Labute approximate surface area is 161 Å². The number of thiazole rings is 1. The van der Waals surface area contributed by atoms with Crippen LogP contribution in [0, 0.1) is 5.92 Å². The van der Waals surface area contributed by atoms with E-state index in [9.17, 15) is 8.78 Å². The standard InChI is InChI=1S/C20H23F2N3OS/c1-2-12-23-20-25(24-13-15-6-4-3-5-7-15)18(14-27-20)16-8-10-17(11-9-16)26-19(21)22/h2,8-11,13-15,19H,1,3-7,12H2. The molecule has 1 aliphatic carbocycles. The Bertz CT molecular complexity index is 834. The van der Waals surface area contributed by atoms with Crippen molar-refractivity contribution in [3.8, 4) is 17.0 Å². The van der Waals surface area contributed by atoms with Crippen LogP contribution in [0.3, 0.4) is 0 Å². The second kappa shape index (κ2) is 9.60. The highest BCUT2D eigenvalue weighted by Crippen LogP contribution is 2.25. The summed E-state index contributed by atoms with van der Waals surface area (Å²) >= 11 is 1.50. The molecule has 3 rings (SSSR count). The van der Waals surface area contributed by atoms with E-state index in [1.165, 1.54) is 55.6 Å². The second-order valence-electron chi connectivity index (χ2n) is 6.41. The quantitative estimate of drug-likeness (QED) is 0.465. The maximum Gasteiger partial charge on any atom is 0.387 e. The summed E-state index contributed by atoms with van der Waals surface area (Å²) in [5.41, 5.74) is 1.74. The third kappa shape index (κ3) is 5.35. The van der Waals surface area contributed by atoms with Crippen molar-refractivity contribution in [2.45, 2.75) is 38.7 Å². The van der Waals surface area contributed by atoms with Crippen molar-refractivity contribution >= 4 is 17.6 Å². The number of nitrogens with zero attached hydrogens (tertiary/aromatic N) is 3. The average molecular weight is 391 g/mol. The minimum absolute atomic E-state index is 0.137. The van der Waals surface area contributed by atoms with Gasteiger partial charge in [0.1, 0.15) is 5.75 Å². The van der Waals surface area contributed by atoms with E-state index in [0.29, 0.717) is 12.5 Å². The molecular weight excluding hydrogens is 368 g/mol. The molecule has 0 spiro atoms. The van der Waals surface area contributed by atoms with Gasteiger partial charge in [-0.25, -0.2) is 4.68 Å². The smallest absolute Gasteiger partial charge is 0.387 e. The molecule has 1 heterocycles. The highest BCUT2D eigenvalue weighted by Gasteiger charge is 2.13. The Hall–Kier alpha value is -2.28. The predicted octanol–water partition coefficient (Wildman–Crippen LogP) is 5.32. The van der Waals surface area contributed by atoms with Gasteiger partial charge in [0.15, 0.2) is 0 Å². The summed E-state index contributed by atoms with van der Waals surface area (Å²) in [6.07, 6.45) is 9.90. The Morgan fingerprint density at radius 3 is 2.63 bits per heavy atom. The monoisotopic (exact) mass is 391 g/mol. The summed E-state index contributed by atoms with van der Waals surface area (Å²) in [6, 6.07) is 6.58. The van der Waals surface area contributed by atoms with Crippen molar-refractivity contribution in [3.05, 3.63) is 47.1 Å². The summed E-state index contributed by atoms with van der Waals surface area (Å²) in [5.74, 6) is 0.630. The first kappa shape index (κ1) is 19.5. The molecule has 1 fully saturated rings. The van der Waals surface area contributed by atoms with Crippen molar-refractivity contribution in [1.29, 1.82) is 0 Å². The lowest BCUT2D eigenvalue weighted by atomic mass is 9.90. The van der Waals surface area contributed by atoms with Crippen LogP contribution in [0.1, 0.15) is 32.1 Å². The fraction of sp³-hybridized carbons (Fsp3) is 0.400. The third-order valence-corrected chi connectivity index (χ3v) is 5.31. The molecule has 0 atom stereocenters. The molecule has 7 heteroatoms. The van der Waals surface area contributed by atoms with E-state index in [1.807, 2.05) is 16.3 Å². The van der Waals surface area contributed by atoms with Crippen LogP contribution in [0.15, 0.2) is 52.4 Å². The van der Waals surface area contributed by atoms with Gasteiger partial charge in [0.25, 0.3) is 0 Å². The molecule has 1 saturated carbocycles. The van der Waals surface area contributed by atoms with Crippen LogP contribution in [0.5, 0.6) is 5.75 Å². The summed E-state index contributed by atoms with van der Waals surface area (Å²) in [7, 11) is 0. The number of rotatable bonds is 7. The SMILES string of the molecule is C=CCN=c1scc(-c2ccc(OC(F)F)cc2)n1N=CC1CCCCC1. The van der Waals surface area contributed by atoms with E-state index in [1.54, 1.807) is 18.2 Å². The van der Waals surface area contributed by atoms with Gasteiger partial charge in [0.2, 0.25) is 4.80 Å². The minimum Gasteiger partial charge on any atom is -0.435 e. The van der Waals surface area contributed by atoms with Gasteiger partial charge < -0.3 is 4.74 Å². The molecule has 27 heavy (non-hydrogen) atoms. The van der Waals surface area contributed by atoms with Crippen molar-refractivity contribution in [2.24, 2.45) is 16.0 Å². The maximum atomic E-state index is 12.3. The van der Waals surface area contributed by atoms with Crippen molar-refractivity contribution in [2.75, 3.05) is 6.54 Å². The Kier molecular flexibility index (Phi) is 6.92. The third-order valence-electron chi connectivity index (χ3n) is 4.46. The van der Waals surface area contributed by atoms with Crippen LogP contribution in [-0.2, 0) is 0 Å². The van der Waals surface area contributed by atoms with Gasteiger partial charge in [-0.3, -0.25) is 4.99 Å². The number of alkyl halides is 2. The van der Waals surface area contributed by atoms with E-state index in [2.05, 4.69) is 16.3 Å². The fourth-order valence-electron chi connectivity index (χ4n) is 3.11. The number of hydrogen-bond donors (Lipinski definition) is 0. The normalized spacial score (nSPS) is 16.3. The van der Waals surface area contributed by atoms with Gasteiger partial charge in [-0.05, 0) is 43.0 Å². The average Bonchev–Trinajstić information content (AvgIpc) is 3.08. The van der Waals surface area contributed by atoms with E-state index in [4.69, 9.17) is 5.10 Å². The molecule has 144 valence electrons. The zero-order valence-corrected chi connectivity index (χ0v) is 15.9. The van der Waals surface area contributed by atoms with Crippen molar-refractivity contribution in [3.63, 3.8) is 0 Å². The summed E-state index contributed by atoms with van der Waals surface area (Å²) < 4.78 is 30.9. The first-order chi connectivity index (χ1) is 13.2. The molecule has 1 aliphatic rings. The van der Waals surface area contributed by atoms with Gasteiger partial charge in [-0.1, -0.05) is 25.3 Å². The van der Waals surface area contributed by atoms with Gasteiger partial charge in [-0.15, -0.1) is 17.9 Å². The lowest BCUT2D eigenvalue weighted by Gasteiger charge is -2.17. The zero-order chi connectivity index (χ0) is 19.1. The van der Waals surface area contributed by atoms with Crippen LogP contribution in [0.25, 0.3) is 11.3 Å². The fourth-order valence-corrected chi connectivity index (χ4v) is 3.96. The van der Waals surface area contributed by atoms with Crippen LogP contribution >= 0.6 is 11.3 Å². The van der Waals surface area contributed by atoms with E-state index in [-0.39, 0.29) is 5.75 Å². The Morgan fingerprint density at radius 2 is 1.96 bits per heavy atom. The van der Waals surface area contributed by atoms with E-state index < -0.39 is 6.61 Å². The number of aromatic nitrogens is 1. The topological polar surface area (TPSA) is 38.9 Å². The van der Waals surface area contributed by atoms with E-state index in [0.717, 1.165) is 16.1 Å². The van der Waals surface area contributed by atoms with Gasteiger partial charge in [0, 0.05) is 17.2 Å². The molecule has 0 bridgehead atoms. The first-order valence-electron chi connectivity index (χ1n) is 9.09. The molecule has 0 saturated heterocycles. The van der Waals surface area contributed by atoms with Gasteiger partial charge >= 0.3 is 6.61 Å². The molecule has 4 nitrogen and oxygen atoms in total. The molecule has 2 aromatic rings. The largest absolute Gasteiger partial charge is 0.435 e. The lowest BCUT2D eigenvalue weighted by Crippen LogP contribution is -2.15. The molecule has 0 N–H and O–H groups in total. The second-order valence-corrected chi connectivity index (χ2v) is 7.25. The first-order valence-corrected chi connectivity index (χ1v) is 9.97. The molecule has 1 aromatic heterocycles. The number of halogens is 2. The number of hydrogen-bond acceptors (Lipinski definition) is 4. The Morgan fingerprint density at radius 1 is 1.22 bits per heavy atom. The molecule has 0 aliphatic heterocycles. The van der Waals surface area contributed by atoms with E-state index >= 15 is 0 Å². The van der Waals surface area contributed by atoms with Crippen LogP contribution < -0.4 is 9.54 Å². The van der Waals surface area contributed by atoms with Crippen molar-refractivity contribution in [1.82, 2.24) is 4.68 Å². The molecule has 0 amide bonds. The van der Waals surface area contributed by atoms with Crippen LogP contribution in [0.2, 0.25) is 0 Å². The molecule has 1 aromatic carbocycles. The maximum absolute atomic E-state index is 12.3. The highest BCUT2D eigenvalue weighted by molar-refractivity contribution is 7.07. The van der Waals surface area contributed by atoms with Gasteiger partial charge in [-0.2, -0.15) is 13.9 Å². The molecular formula is C20H23F2N3OS. The summed E-state index contributed by atoms with van der Waals surface area (Å²) in [5, 5.41) is 6.69. The number of ether oxygens (including phenoxy) is 1. The highest BCUT2D eigenvalue weighted by atomic mass is 32.1. The van der Waals surface area contributed by atoms with Crippen molar-refractivity contribution < 1.29 is 13.5 Å². The summed E-state index contributed by atoms with van der Waals surface area (Å²) in [6.45, 7) is 1.40. The molecule has 0 radical (unpaired) electrons. The predicted molar refractivity (Wildman–Crippen MR) is 105 cm³/mol. The summed E-state index contributed by atoms with van der Waals surface area (Å²) in [4.78, 5) is 5.30. The minimum atomic E-state index is -2.83. The van der Waals surface area contributed by atoms with Gasteiger partial charge in [0.05, 0.1) is 12.2 Å². The molecule has 0 unspecified atom stereocenters. The van der Waals surface area contributed by atoms with Crippen LogP contribution in [-0.4, -0.2) is 24.0 Å². The zero-order valence-electron chi connectivity index (χ0n) is 15.1. The lowest BCUT2D eigenvalue weighted by molar-refractivity contribution is -0.0498. The Balaban J connectivity index is 1.91. The van der Waals surface area contributed by atoms with Crippen LogP contribution in [0.4, 0.5) is 8.78 Å². The number of benzene rings is 1.